The van der Waals surface area contributed by atoms with Gasteiger partial charge < -0.3 is 30.4 Å². The third kappa shape index (κ3) is 5.30. The Morgan fingerprint density at radius 2 is 2.02 bits per heavy atom. The summed E-state index contributed by atoms with van der Waals surface area (Å²) in [4.78, 5) is 35.7. The van der Waals surface area contributed by atoms with Crippen LogP contribution in [0.15, 0.2) is 67.4 Å². The monoisotopic (exact) mass is 608 g/mol. The van der Waals surface area contributed by atoms with Crippen molar-refractivity contribution in [3.63, 3.8) is 0 Å². The van der Waals surface area contributed by atoms with E-state index in [0.717, 1.165) is 53.5 Å². The van der Waals surface area contributed by atoms with E-state index in [1.54, 1.807) is 11.9 Å². The van der Waals surface area contributed by atoms with E-state index < -0.39 is 17.7 Å². The van der Waals surface area contributed by atoms with Gasteiger partial charge in [-0.25, -0.2) is 23.7 Å². The summed E-state index contributed by atoms with van der Waals surface area (Å²) in [5.41, 5.74) is 2.41. The Morgan fingerprint density at radius 3 is 2.87 bits per heavy atom. The fourth-order valence-electron chi connectivity index (χ4n) is 6.23. The molecule has 6 heterocycles. The number of pyridine rings is 2. The Hall–Kier alpha value is -5.46. The minimum atomic E-state index is -0.798. The van der Waals surface area contributed by atoms with Crippen molar-refractivity contribution in [2.45, 2.75) is 31.3 Å². The molecule has 13 heteroatoms. The third-order valence-electron chi connectivity index (χ3n) is 8.36. The summed E-state index contributed by atoms with van der Waals surface area (Å²) in [6.45, 7) is 0.919. The minimum absolute atomic E-state index is 0.00149. The first-order valence-electron chi connectivity index (χ1n) is 14.7. The predicted molar refractivity (Wildman–Crippen MR) is 168 cm³/mol. The molecule has 0 aliphatic carbocycles. The smallest absolute Gasteiger partial charge is 0.245 e. The SMILES string of the molecule is CN1CCCc2cncc3ccn(c23)-c2cccc(n2)NC2CC(C1=O)N(c1ncnc(Nc3ccc(F)cc3F)c1C=N)C2. The van der Waals surface area contributed by atoms with Crippen molar-refractivity contribution < 1.29 is 13.6 Å². The number of amides is 1. The summed E-state index contributed by atoms with van der Waals surface area (Å²) in [6, 6.07) is 10.2. The number of carbonyl (C=O) groups is 1. The van der Waals surface area contributed by atoms with Gasteiger partial charge in [0.1, 0.15) is 47.3 Å². The van der Waals surface area contributed by atoms with Gasteiger partial charge in [0, 0.05) is 62.4 Å². The number of rotatable bonds is 4. The lowest BCUT2D eigenvalue weighted by Crippen LogP contribution is -2.45. The van der Waals surface area contributed by atoms with Crippen LogP contribution in [0.4, 0.5) is 31.9 Å². The van der Waals surface area contributed by atoms with Crippen LogP contribution in [0.5, 0.6) is 0 Å². The molecule has 0 radical (unpaired) electrons. The van der Waals surface area contributed by atoms with Crippen LogP contribution in [0.1, 0.15) is 24.0 Å². The summed E-state index contributed by atoms with van der Waals surface area (Å²) in [5, 5.41) is 15.6. The van der Waals surface area contributed by atoms with Crippen LogP contribution in [-0.2, 0) is 11.2 Å². The second-order valence-corrected chi connectivity index (χ2v) is 11.3. The molecular formula is C32H30F2N10O. The number of hydrogen-bond donors (Lipinski definition) is 3. The molecule has 2 aliphatic rings. The average molecular weight is 609 g/mol. The lowest BCUT2D eigenvalue weighted by atomic mass is 10.1. The van der Waals surface area contributed by atoms with Crippen molar-refractivity contribution in [3.8, 4) is 5.82 Å². The fourth-order valence-corrected chi connectivity index (χ4v) is 6.23. The quantitative estimate of drug-likeness (QED) is 0.251. The van der Waals surface area contributed by atoms with Gasteiger partial charge in [0.05, 0.1) is 16.8 Å². The first kappa shape index (κ1) is 28.3. The van der Waals surface area contributed by atoms with E-state index in [1.807, 2.05) is 47.8 Å². The maximum Gasteiger partial charge on any atom is 0.245 e. The lowest BCUT2D eigenvalue weighted by Gasteiger charge is -2.29. The molecule has 1 amide bonds. The highest BCUT2D eigenvalue weighted by Gasteiger charge is 2.40. The maximum atomic E-state index is 14.5. The van der Waals surface area contributed by atoms with Crippen LogP contribution in [0.2, 0.25) is 0 Å². The van der Waals surface area contributed by atoms with Gasteiger partial charge in [-0.2, -0.15) is 0 Å². The number of nitrogens with zero attached hydrogens (tertiary/aromatic N) is 7. The number of likely N-dealkylation sites (N-methyl/N-ethyl adjacent to an activating group) is 1. The normalized spacial score (nSPS) is 18.3. The summed E-state index contributed by atoms with van der Waals surface area (Å²) >= 11 is 0. The Morgan fingerprint density at radius 1 is 1.13 bits per heavy atom. The molecule has 2 atom stereocenters. The second-order valence-electron chi connectivity index (χ2n) is 11.3. The van der Waals surface area contributed by atoms with Gasteiger partial charge >= 0.3 is 0 Å². The Labute approximate surface area is 257 Å². The molecule has 45 heavy (non-hydrogen) atoms. The summed E-state index contributed by atoms with van der Waals surface area (Å²) < 4.78 is 30.1. The van der Waals surface area contributed by atoms with Crippen LogP contribution in [0.25, 0.3) is 16.7 Å². The number of fused-ring (bicyclic) bond motifs is 5. The molecule has 4 aromatic heterocycles. The van der Waals surface area contributed by atoms with Crippen LogP contribution in [0.3, 0.4) is 0 Å². The molecule has 5 aromatic rings. The second kappa shape index (κ2) is 11.6. The summed E-state index contributed by atoms with van der Waals surface area (Å²) in [6.07, 6.45) is 10.0. The zero-order valence-corrected chi connectivity index (χ0v) is 24.4. The van der Waals surface area contributed by atoms with E-state index in [9.17, 15) is 13.6 Å². The highest BCUT2D eigenvalue weighted by Crippen LogP contribution is 2.33. The average Bonchev–Trinajstić information content (AvgIpc) is 3.67. The molecule has 7 rings (SSSR count). The number of benzene rings is 1. The van der Waals surface area contributed by atoms with E-state index >= 15 is 0 Å². The van der Waals surface area contributed by atoms with Crippen LogP contribution < -0.4 is 15.5 Å². The van der Waals surface area contributed by atoms with Gasteiger partial charge in [-0.3, -0.25) is 9.78 Å². The van der Waals surface area contributed by atoms with E-state index in [1.165, 1.54) is 12.4 Å². The van der Waals surface area contributed by atoms with Crippen LogP contribution >= 0.6 is 0 Å². The van der Waals surface area contributed by atoms with E-state index in [4.69, 9.17) is 10.4 Å². The standard InChI is InChI=1S/C32H30F2N10O/c1-42-10-3-4-19-15-36-16-20-9-11-43(29(19)20)28-6-2-5-27(41-28)39-22-13-26(32(42)45)44(17-22)31-23(14-35)30(37-18-38-31)40-25-8-7-21(33)12-24(25)34/h2,5-9,11-12,14-16,18,22,26,35H,3-4,10,13,17H2,1H3,(H,39,41)(H,37,38,40). The summed E-state index contributed by atoms with van der Waals surface area (Å²) in [7, 11) is 1.80. The number of anilines is 4. The van der Waals surface area contributed by atoms with Gasteiger partial charge in [0.25, 0.3) is 0 Å². The van der Waals surface area contributed by atoms with Gasteiger partial charge in [-0.1, -0.05) is 6.07 Å². The van der Waals surface area contributed by atoms with E-state index in [2.05, 4.69) is 30.2 Å². The van der Waals surface area contributed by atoms with Gasteiger partial charge in [0.2, 0.25) is 5.91 Å². The van der Waals surface area contributed by atoms with Gasteiger partial charge in [-0.15, -0.1) is 0 Å². The highest BCUT2D eigenvalue weighted by atomic mass is 19.1. The number of nitrogens with one attached hydrogen (secondary N) is 3. The Bertz CT molecular complexity index is 1930. The fraction of sp³-hybridized carbons (Fsp3) is 0.250. The molecule has 2 aliphatic heterocycles. The molecule has 3 N–H and O–H groups in total. The third-order valence-corrected chi connectivity index (χ3v) is 8.36. The minimum Gasteiger partial charge on any atom is -0.365 e. The number of aryl methyl sites for hydroxylation is 1. The molecule has 11 nitrogen and oxygen atoms in total. The molecule has 0 spiro atoms. The Balaban J connectivity index is 1.26. The molecule has 1 saturated heterocycles. The van der Waals surface area contributed by atoms with Crippen LogP contribution in [-0.4, -0.2) is 73.7 Å². The number of carbonyl (C=O) groups excluding carboxylic acids is 1. The zero-order valence-electron chi connectivity index (χ0n) is 24.4. The first-order chi connectivity index (χ1) is 21.9. The first-order valence-corrected chi connectivity index (χ1v) is 14.7. The molecule has 2 unspecified atom stereocenters. The van der Waals surface area contributed by atoms with Crippen molar-refractivity contribution in [2.75, 3.05) is 35.7 Å². The molecule has 1 fully saturated rings. The highest BCUT2D eigenvalue weighted by molar-refractivity contribution is 5.94. The number of hydrogen-bond acceptors (Lipinski definition) is 9. The molecular weight excluding hydrogens is 578 g/mol. The molecule has 4 bridgehead atoms. The Kier molecular flexibility index (Phi) is 7.28. The lowest BCUT2D eigenvalue weighted by molar-refractivity contribution is -0.131. The van der Waals surface area contributed by atoms with Crippen molar-refractivity contribution in [2.24, 2.45) is 0 Å². The van der Waals surface area contributed by atoms with Crippen molar-refractivity contribution in [1.29, 1.82) is 5.41 Å². The molecule has 1 aromatic carbocycles. The largest absolute Gasteiger partial charge is 0.365 e. The van der Waals surface area contributed by atoms with E-state index in [0.29, 0.717) is 31.1 Å². The van der Waals surface area contributed by atoms with Gasteiger partial charge in [-0.05, 0) is 55.2 Å². The van der Waals surface area contributed by atoms with Crippen molar-refractivity contribution in [1.82, 2.24) is 29.4 Å². The van der Waals surface area contributed by atoms with Crippen LogP contribution in [0, 0.1) is 17.0 Å². The predicted octanol–water partition coefficient (Wildman–Crippen LogP) is 4.69. The molecule has 228 valence electrons. The molecule has 0 saturated carbocycles. The number of aromatic nitrogens is 5. The van der Waals surface area contributed by atoms with E-state index in [-0.39, 0.29) is 29.0 Å². The van der Waals surface area contributed by atoms with Crippen molar-refractivity contribution >= 4 is 46.2 Å². The zero-order chi connectivity index (χ0) is 31.1. The van der Waals surface area contributed by atoms with Gasteiger partial charge in [0.15, 0.2) is 0 Å². The maximum absolute atomic E-state index is 14.5. The number of halogens is 2. The summed E-state index contributed by atoms with van der Waals surface area (Å²) in [5.74, 6) is 0.371. The van der Waals surface area contributed by atoms with Crippen molar-refractivity contribution in [3.05, 3.63) is 90.1 Å². The topological polar surface area (TPSA) is 128 Å².